The molecule has 1 aromatic heterocycles. The summed E-state index contributed by atoms with van der Waals surface area (Å²) < 4.78 is 2.43. The van der Waals surface area contributed by atoms with Crippen LogP contribution in [-0.4, -0.2) is 15.6 Å². The van der Waals surface area contributed by atoms with E-state index in [1.807, 2.05) is 31.2 Å². The molecule has 3 nitrogen and oxygen atoms in total. The lowest BCUT2D eigenvalue weighted by Gasteiger charge is -2.06. The number of nitrogens with zero attached hydrogens (tertiary/aromatic N) is 2. The van der Waals surface area contributed by atoms with Gasteiger partial charge in [-0.25, -0.2) is 4.68 Å². The van der Waals surface area contributed by atoms with Crippen LogP contribution in [0, 0.1) is 6.92 Å². The smallest absolute Gasteiger partial charge is 0.164 e. The van der Waals surface area contributed by atoms with Gasteiger partial charge in [0.2, 0.25) is 0 Å². The topological polar surface area (TPSA) is 34.9 Å². The first-order valence-electron chi connectivity index (χ1n) is 4.91. The van der Waals surface area contributed by atoms with Crippen molar-refractivity contribution < 1.29 is 4.79 Å². The van der Waals surface area contributed by atoms with Crippen molar-refractivity contribution in [3.05, 3.63) is 46.2 Å². The Morgan fingerprint density at radius 3 is 2.62 bits per heavy atom. The van der Waals surface area contributed by atoms with Crippen LogP contribution in [0.5, 0.6) is 0 Å². The van der Waals surface area contributed by atoms with Crippen LogP contribution < -0.4 is 0 Å². The summed E-state index contributed by atoms with van der Waals surface area (Å²) in [5, 5.41) is 4.22. The molecule has 0 N–H and O–H groups in total. The number of ketones is 1. The van der Waals surface area contributed by atoms with E-state index in [4.69, 9.17) is 0 Å². The molecular weight excluding hydrogens is 268 g/mol. The molecule has 0 saturated carbocycles. The lowest BCUT2D eigenvalue weighted by molar-refractivity contribution is 0.101. The molecule has 1 aromatic carbocycles. The number of aryl methyl sites for hydroxylation is 1. The van der Waals surface area contributed by atoms with Crippen molar-refractivity contribution in [3.63, 3.8) is 0 Å². The standard InChI is InChI=1S/C12H11BrN2O/c1-8-5-3-4-6-11(8)15-12(13)10(7-14-15)9(2)16/h3-7H,1-2H3. The van der Waals surface area contributed by atoms with E-state index in [2.05, 4.69) is 21.0 Å². The molecule has 0 aliphatic heterocycles. The normalized spacial score (nSPS) is 10.4. The predicted octanol–water partition coefficient (Wildman–Crippen LogP) is 3.15. The zero-order chi connectivity index (χ0) is 11.7. The van der Waals surface area contributed by atoms with Crippen molar-refractivity contribution in [2.24, 2.45) is 0 Å². The fraction of sp³-hybridized carbons (Fsp3) is 0.167. The van der Waals surface area contributed by atoms with Crippen LogP contribution in [0.2, 0.25) is 0 Å². The summed E-state index contributed by atoms with van der Waals surface area (Å²) in [6, 6.07) is 7.90. The molecular formula is C12H11BrN2O. The highest BCUT2D eigenvalue weighted by Gasteiger charge is 2.13. The molecule has 0 saturated heterocycles. The number of hydrogen-bond acceptors (Lipinski definition) is 2. The van der Waals surface area contributed by atoms with Gasteiger partial charge in [0.25, 0.3) is 0 Å². The summed E-state index contributed by atoms with van der Waals surface area (Å²) in [5.74, 6) is 0.00621. The minimum absolute atomic E-state index is 0.00621. The minimum atomic E-state index is 0.00621. The molecule has 4 heteroatoms. The second kappa shape index (κ2) is 4.22. The molecule has 0 spiro atoms. The largest absolute Gasteiger partial charge is 0.294 e. The fourth-order valence-electron chi connectivity index (χ4n) is 1.54. The molecule has 0 aliphatic rings. The first-order valence-corrected chi connectivity index (χ1v) is 5.71. The van der Waals surface area contributed by atoms with Crippen LogP contribution in [-0.2, 0) is 0 Å². The van der Waals surface area contributed by atoms with Crippen molar-refractivity contribution in [1.82, 2.24) is 9.78 Å². The third-order valence-corrected chi connectivity index (χ3v) is 3.20. The molecule has 0 amide bonds. The van der Waals surface area contributed by atoms with Gasteiger partial charge >= 0.3 is 0 Å². The summed E-state index contributed by atoms with van der Waals surface area (Å²) >= 11 is 3.40. The second-order valence-corrected chi connectivity index (χ2v) is 4.35. The van der Waals surface area contributed by atoms with E-state index in [1.165, 1.54) is 6.92 Å². The molecule has 0 fully saturated rings. The number of hydrogen-bond donors (Lipinski definition) is 0. The molecule has 0 unspecified atom stereocenters. The predicted molar refractivity (Wildman–Crippen MR) is 66.0 cm³/mol. The van der Waals surface area contributed by atoms with E-state index in [1.54, 1.807) is 10.9 Å². The van der Waals surface area contributed by atoms with Gasteiger partial charge in [-0.1, -0.05) is 18.2 Å². The van der Waals surface area contributed by atoms with Gasteiger partial charge in [-0.15, -0.1) is 0 Å². The van der Waals surface area contributed by atoms with E-state index in [0.717, 1.165) is 11.3 Å². The molecule has 2 rings (SSSR count). The summed E-state index contributed by atoms with van der Waals surface area (Å²) in [4.78, 5) is 11.3. The third-order valence-electron chi connectivity index (χ3n) is 2.43. The zero-order valence-corrected chi connectivity index (χ0v) is 10.7. The number of Topliss-reactive ketones (excluding diaryl/α,β-unsaturated/α-hetero) is 1. The van der Waals surface area contributed by atoms with Gasteiger partial charge in [0.1, 0.15) is 4.60 Å². The Labute approximate surface area is 102 Å². The number of carbonyl (C=O) groups is 1. The van der Waals surface area contributed by atoms with Crippen LogP contribution in [0.4, 0.5) is 0 Å². The highest BCUT2D eigenvalue weighted by atomic mass is 79.9. The Hall–Kier alpha value is -1.42. The maximum atomic E-state index is 11.3. The molecule has 82 valence electrons. The number of halogens is 1. The Kier molecular flexibility index (Phi) is 2.92. The number of rotatable bonds is 2. The van der Waals surface area contributed by atoms with Gasteiger partial charge in [0.05, 0.1) is 17.4 Å². The minimum Gasteiger partial charge on any atom is -0.294 e. The Morgan fingerprint density at radius 2 is 2.06 bits per heavy atom. The zero-order valence-electron chi connectivity index (χ0n) is 9.07. The Balaban J connectivity index is 2.58. The van der Waals surface area contributed by atoms with Crippen molar-refractivity contribution in [2.75, 3.05) is 0 Å². The summed E-state index contributed by atoms with van der Waals surface area (Å²) in [6.07, 6.45) is 1.58. The van der Waals surface area contributed by atoms with Gasteiger partial charge in [-0.05, 0) is 41.4 Å². The molecule has 2 aromatic rings. The SMILES string of the molecule is CC(=O)c1cnn(-c2ccccc2C)c1Br. The molecule has 0 aliphatic carbocycles. The molecule has 1 heterocycles. The van der Waals surface area contributed by atoms with E-state index in [-0.39, 0.29) is 5.78 Å². The maximum Gasteiger partial charge on any atom is 0.164 e. The van der Waals surface area contributed by atoms with Crippen LogP contribution >= 0.6 is 15.9 Å². The Bertz CT molecular complexity index is 546. The van der Waals surface area contributed by atoms with Crippen LogP contribution in [0.3, 0.4) is 0 Å². The highest BCUT2D eigenvalue weighted by molar-refractivity contribution is 9.10. The number of benzene rings is 1. The molecule has 0 radical (unpaired) electrons. The quantitative estimate of drug-likeness (QED) is 0.791. The average Bonchev–Trinajstić information content (AvgIpc) is 2.61. The number of aromatic nitrogens is 2. The molecule has 16 heavy (non-hydrogen) atoms. The third kappa shape index (κ3) is 1.80. The van der Waals surface area contributed by atoms with Gasteiger partial charge < -0.3 is 0 Å². The van der Waals surface area contributed by atoms with Gasteiger partial charge in [-0.3, -0.25) is 4.79 Å². The lowest BCUT2D eigenvalue weighted by atomic mass is 10.2. The Morgan fingerprint density at radius 1 is 1.38 bits per heavy atom. The van der Waals surface area contributed by atoms with E-state index < -0.39 is 0 Å². The summed E-state index contributed by atoms with van der Waals surface area (Å²) in [7, 11) is 0. The van der Waals surface area contributed by atoms with Gasteiger partial charge in [0, 0.05) is 0 Å². The van der Waals surface area contributed by atoms with E-state index in [0.29, 0.717) is 10.2 Å². The highest BCUT2D eigenvalue weighted by Crippen LogP contribution is 2.22. The van der Waals surface area contributed by atoms with Crippen LogP contribution in [0.1, 0.15) is 22.8 Å². The van der Waals surface area contributed by atoms with E-state index >= 15 is 0 Å². The first-order chi connectivity index (χ1) is 7.61. The molecule has 0 bridgehead atoms. The average molecular weight is 279 g/mol. The van der Waals surface area contributed by atoms with Gasteiger partial charge in [0.15, 0.2) is 5.78 Å². The van der Waals surface area contributed by atoms with Crippen molar-refractivity contribution >= 4 is 21.7 Å². The summed E-state index contributed by atoms with van der Waals surface area (Å²) in [5.41, 5.74) is 2.69. The van der Waals surface area contributed by atoms with Crippen LogP contribution in [0.15, 0.2) is 35.1 Å². The van der Waals surface area contributed by atoms with Crippen LogP contribution in [0.25, 0.3) is 5.69 Å². The maximum absolute atomic E-state index is 11.3. The first kappa shape index (κ1) is 11.1. The van der Waals surface area contributed by atoms with Crippen molar-refractivity contribution in [1.29, 1.82) is 0 Å². The number of para-hydroxylation sites is 1. The van der Waals surface area contributed by atoms with Gasteiger partial charge in [-0.2, -0.15) is 5.10 Å². The van der Waals surface area contributed by atoms with Crippen molar-refractivity contribution in [3.8, 4) is 5.69 Å². The molecule has 0 atom stereocenters. The lowest BCUT2D eigenvalue weighted by Crippen LogP contribution is -2.00. The number of carbonyl (C=O) groups excluding carboxylic acids is 1. The van der Waals surface area contributed by atoms with E-state index in [9.17, 15) is 4.79 Å². The second-order valence-electron chi connectivity index (χ2n) is 3.60. The monoisotopic (exact) mass is 278 g/mol. The fourth-order valence-corrected chi connectivity index (χ4v) is 2.20. The van der Waals surface area contributed by atoms with Crippen molar-refractivity contribution in [2.45, 2.75) is 13.8 Å². The summed E-state index contributed by atoms with van der Waals surface area (Å²) in [6.45, 7) is 3.54.